The second-order valence-electron chi connectivity index (χ2n) is 6.39. The van der Waals surface area contributed by atoms with E-state index in [4.69, 9.17) is 9.47 Å². The zero-order valence-electron chi connectivity index (χ0n) is 13.0. The van der Waals surface area contributed by atoms with Crippen LogP contribution in [0, 0.1) is 11.5 Å². The van der Waals surface area contributed by atoms with Gasteiger partial charge in [-0.1, -0.05) is 37.7 Å². The quantitative estimate of drug-likeness (QED) is 0.612. The summed E-state index contributed by atoms with van der Waals surface area (Å²) in [5.74, 6) is 3.29. The monoisotopic (exact) mass is 288 g/mol. The summed E-state index contributed by atoms with van der Waals surface area (Å²) in [4.78, 5) is 0. The smallest absolute Gasteiger partial charge is 0.129 e. The molecule has 0 atom stereocenters. The van der Waals surface area contributed by atoms with Crippen molar-refractivity contribution in [3.63, 3.8) is 0 Å². The fourth-order valence-electron chi connectivity index (χ4n) is 2.43. The highest BCUT2D eigenvalue weighted by Crippen LogP contribution is 2.35. The minimum Gasteiger partial charge on any atom is -0.381 e. The first-order valence-corrected chi connectivity index (χ1v) is 10.7. The first-order valence-electron chi connectivity index (χ1n) is 7.22. The van der Waals surface area contributed by atoms with Gasteiger partial charge in [-0.15, -0.1) is 5.54 Å². The first kappa shape index (κ1) is 15.3. The second-order valence-corrected chi connectivity index (χ2v) is 11.1. The number of ether oxygens (including phenoxy) is 2. The fourth-order valence-corrected chi connectivity index (χ4v) is 2.95. The summed E-state index contributed by atoms with van der Waals surface area (Å²) in [6.45, 7) is 8.32. The van der Waals surface area contributed by atoms with Gasteiger partial charge in [0.25, 0.3) is 0 Å². The van der Waals surface area contributed by atoms with Crippen molar-refractivity contribution in [3.05, 3.63) is 35.4 Å². The van der Waals surface area contributed by atoms with E-state index in [0.717, 1.165) is 31.6 Å². The molecule has 1 aromatic rings. The van der Waals surface area contributed by atoms with E-state index in [-0.39, 0.29) is 5.60 Å². The van der Waals surface area contributed by atoms with Gasteiger partial charge in [-0.2, -0.15) is 0 Å². The molecular formula is C17H24O2Si. The Balaban J connectivity index is 2.20. The van der Waals surface area contributed by atoms with Crippen molar-refractivity contribution in [1.82, 2.24) is 0 Å². The van der Waals surface area contributed by atoms with E-state index in [1.165, 1.54) is 5.56 Å². The Morgan fingerprint density at radius 1 is 1.10 bits per heavy atom. The summed E-state index contributed by atoms with van der Waals surface area (Å²) < 4.78 is 11.3. The Morgan fingerprint density at radius 3 is 2.20 bits per heavy atom. The van der Waals surface area contributed by atoms with Gasteiger partial charge in [0, 0.05) is 38.7 Å². The van der Waals surface area contributed by atoms with E-state index in [9.17, 15) is 0 Å². The average Bonchev–Trinajstić information content (AvgIpc) is 2.46. The number of hydrogen-bond donors (Lipinski definition) is 0. The Hall–Kier alpha value is -1.08. The van der Waals surface area contributed by atoms with Gasteiger partial charge < -0.3 is 9.47 Å². The van der Waals surface area contributed by atoms with Crippen molar-refractivity contribution in [2.45, 2.75) is 38.1 Å². The van der Waals surface area contributed by atoms with Crippen LogP contribution in [0.15, 0.2) is 24.3 Å². The van der Waals surface area contributed by atoms with Gasteiger partial charge in [0.15, 0.2) is 0 Å². The molecule has 0 bridgehead atoms. The molecule has 108 valence electrons. The van der Waals surface area contributed by atoms with Gasteiger partial charge in [-0.25, -0.2) is 0 Å². The third-order valence-corrected chi connectivity index (χ3v) is 4.56. The molecule has 0 aromatic heterocycles. The Morgan fingerprint density at radius 2 is 1.70 bits per heavy atom. The van der Waals surface area contributed by atoms with Crippen LogP contribution in [0.5, 0.6) is 0 Å². The van der Waals surface area contributed by atoms with Gasteiger partial charge in [-0.3, -0.25) is 0 Å². The highest BCUT2D eigenvalue weighted by Gasteiger charge is 2.34. The molecular weight excluding hydrogens is 264 g/mol. The van der Waals surface area contributed by atoms with Crippen molar-refractivity contribution in [3.8, 4) is 11.5 Å². The zero-order chi connectivity index (χ0) is 14.6. The van der Waals surface area contributed by atoms with Crippen LogP contribution in [-0.4, -0.2) is 28.4 Å². The van der Waals surface area contributed by atoms with E-state index in [1.807, 2.05) is 0 Å². The molecule has 1 heterocycles. The minimum absolute atomic E-state index is 0.178. The lowest BCUT2D eigenvalue weighted by atomic mass is 9.86. The number of benzene rings is 1. The molecule has 0 aliphatic carbocycles. The average molecular weight is 288 g/mol. The molecule has 0 spiro atoms. The summed E-state index contributed by atoms with van der Waals surface area (Å²) in [5.41, 5.74) is 5.55. The lowest BCUT2D eigenvalue weighted by molar-refractivity contribution is -0.0947. The van der Waals surface area contributed by atoms with E-state index < -0.39 is 8.07 Å². The predicted molar refractivity (Wildman–Crippen MR) is 85.4 cm³/mol. The molecule has 1 fully saturated rings. The number of rotatable bonds is 2. The first-order chi connectivity index (χ1) is 9.45. The zero-order valence-corrected chi connectivity index (χ0v) is 14.0. The summed E-state index contributed by atoms with van der Waals surface area (Å²) >= 11 is 0. The van der Waals surface area contributed by atoms with Gasteiger partial charge in [0.1, 0.15) is 8.07 Å². The summed E-state index contributed by atoms with van der Waals surface area (Å²) in [5, 5.41) is 0. The molecule has 20 heavy (non-hydrogen) atoms. The van der Waals surface area contributed by atoms with Crippen LogP contribution in [0.4, 0.5) is 0 Å². The molecule has 2 nitrogen and oxygen atoms in total. The maximum Gasteiger partial charge on any atom is 0.129 e. The third-order valence-electron chi connectivity index (χ3n) is 3.68. The highest BCUT2D eigenvalue weighted by molar-refractivity contribution is 6.83. The molecule has 1 aliphatic heterocycles. The van der Waals surface area contributed by atoms with E-state index >= 15 is 0 Å². The van der Waals surface area contributed by atoms with Crippen LogP contribution >= 0.6 is 0 Å². The lowest BCUT2D eigenvalue weighted by Crippen LogP contribution is -2.35. The predicted octanol–water partition coefficient (Wildman–Crippen LogP) is 3.57. The van der Waals surface area contributed by atoms with Gasteiger partial charge in [0.05, 0.1) is 5.60 Å². The highest BCUT2D eigenvalue weighted by atomic mass is 28.3. The Kier molecular flexibility index (Phi) is 4.69. The van der Waals surface area contributed by atoms with E-state index in [2.05, 4.69) is 55.4 Å². The molecule has 0 unspecified atom stereocenters. The van der Waals surface area contributed by atoms with Crippen LogP contribution in [0.3, 0.4) is 0 Å². The Bertz CT molecular complexity index is 497. The second kappa shape index (κ2) is 6.13. The van der Waals surface area contributed by atoms with Crippen molar-refractivity contribution in [2.75, 3.05) is 20.3 Å². The normalized spacial score (nSPS) is 18.2. The third kappa shape index (κ3) is 3.73. The molecule has 0 N–H and O–H groups in total. The molecule has 0 saturated carbocycles. The molecule has 3 heteroatoms. The van der Waals surface area contributed by atoms with Gasteiger partial charge in [0.2, 0.25) is 0 Å². The standard InChI is InChI=1S/C17H24O2Si/c1-18-17(10-12-19-13-11-17)16-7-5-15(6-8-16)9-14-20(2,3)4/h5-8H,10-13H2,1-4H3. The molecule has 1 aliphatic rings. The molecule has 0 amide bonds. The van der Waals surface area contributed by atoms with E-state index in [1.54, 1.807) is 7.11 Å². The fraction of sp³-hybridized carbons (Fsp3) is 0.529. The van der Waals surface area contributed by atoms with Crippen molar-refractivity contribution in [2.24, 2.45) is 0 Å². The summed E-state index contributed by atoms with van der Waals surface area (Å²) in [6, 6.07) is 8.53. The van der Waals surface area contributed by atoms with Crippen LogP contribution < -0.4 is 0 Å². The Labute approximate surface area is 123 Å². The van der Waals surface area contributed by atoms with Crippen LogP contribution in [-0.2, 0) is 15.1 Å². The maximum absolute atomic E-state index is 5.81. The summed E-state index contributed by atoms with van der Waals surface area (Å²) in [6.07, 6.45) is 1.84. The summed E-state index contributed by atoms with van der Waals surface area (Å²) in [7, 11) is 0.486. The molecule has 1 aromatic carbocycles. The van der Waals surface area contributed by atoms with Gasteiger partial charge >= 0.3 is 0 Å². The molecule has 0 radical (unpaired) electrons. The largest absolute Gasteiger partial charge is 0.381 e. The van der Waals surface area contributed by atoms with Gasteiger partial charge in [-0.05, 0) is 17.7 Å². The van der Waals surface area contributed by atoms with E-state index in [0.29, 0.717) is 0 Å². The molecule has 1 saturated heterocycles. The molecule has 2 rings (SSSR count). The van der Waals surface area contributed by atoms with Crippen molar-refractivity contribution >= 4 is 8.07 Å². The maximum atomic E-state index is 5.81. The topological polar surface area (TPSA) is 18.5 Å². The number of methoxy groups -OCH3 is 1. The van der Waals surface area contributed by atoms with Crippen molar-refractivity contribution < 1.29 is 9.47 Å². The lowest BCUT2D eigenvalue weighted by Gasteiger charge is -2.36. The van der Waals surface area contributed by atoms with Crippen molar-refractivity contribution in [1.29, 1.82) is 0 Å². The SMILES string of the molecule is COC1(c2ccc(C#C[Si](C)(C)C)cc2)CCOCC1. The van der Waals surface area contributed by atoms with Crippen LogP contribution in [0.1, 0.15) is 24.0 Å². The van der Waals surface area contributed by atoms with Crippen LogP contribution in [0.25, 0.3) is 0 Å². The number of hydrogen-bond acceptors (Lipinski definition) is 2. The minimum atomic E-state index is -1.31. The van der Waals surface area contributed by atoms with Crippen LogP contribution in [0.2, 0.25) is 19.6 Å².